The standard InChI is InChI=1S/C10H17ClN4O/c1-4-10(5-2,7-11)12-9(16)8-6-15(3)14-13-8/h6H,4-5,7H2,1-3H3,(H,12,16). The number of alkyl halides is 1. The van der Waals surface area contributed by atoms with Gasteiger partial charge < -0.3 is 5.32 Å². The lowest BCUT2D eigenvalue weighted by atomic mass is 9.95. The summed E-state index contributed by atoms with van der Waals surface area (Å²) >= 11 is 5.91. The summed E-state index contributed by atoms with van der Waals surface area (Å²) in [5.74, 6) is 0.170. The number of hydrogen-bond donors (Lipinski definition) is 1. The molecule has 0 fully saturated rings. The molecule has 1 aromatic heterocycles. The zero-order valence-corrected chi connectivity index (χ0v) is 10.6. The Kier molecular flexibility index (Phi) is 4.29. The van der Waals surface area contributed by atoms with E-state index in [0.717, 1.165) is 12.8 Å². The summed E-state index contributed by atoms with van der Waals surface area (Å²) in [5.41, 5.74) is -0.0326. The molecule has 1 N–H and O–H groups in total. The molecular weight excluding hydrogens is 228 g/mol. The van der Waals surface area contributed by atoms with Gasteiger partial charge in [-0.2, -0.15) is 0 Å². The molecule has 0 aliphatic rings. The quantitative estimate of drug-likeness (QED) is 0.796. The van der Waals surface area contributed by atoms with Crippen molar-refractivity contribution in [3.8, 4) is 0 Å². The van der Waals surface area contributed by atoms with Crippen molar-refractivity contribution in [3.05, 3.63) is 11.9 Å². The molecule has 0 saturated heterocycles. The van der Waals surface area contributed by atoms with Crippen LogP contribution < -0.4 is 5.32 Å². The molecule has 0 aliphatic carbocycles. The van der Waals surface area contributed by atoms with Crippen LogP contribution in [-0.4, -0.2) is 32.3 Å². The minimum atomic E-state index is -0.351. The van der Waals surface area contributed by atoms with E-state index in [4.69, 9.17) is 11.6 Å². The second-order valence-electron chi connectivity index (χ2n) is 3.85. The van der Waals surface area contributed by atoms with Crippen molar-refractivity contribution >= 4 is 17.5 Å². The smallest absolute Gasteiger partial charge is 0.273 e. The van der Waals surface area contributed by atoms with E-state index in [0.29, 0.717) is 11.6 Å². The Labute approximate surface area is 100 Å². The maximum Gasteiger partial charge on any atom is 0.273 e. The van der Waals surface area contributed by atoms with E-state index in [-0.39, 0.29) is 11.4 Å². The number of aryl methyl sites for hydroxylation is 1. The summed E-state index contributed by atoms with van der Waals surface area (Å²) in [7, 11) is 1.72. The summed E-state index contributed by atoms with van der Waals surface area (Å²) in [5, 5.41) is 10.4. The lowest BCUT2D eigenvalue weighted by molar-refractivity contribution is 0.0897. The van der Waals surface area contributed by atoms with E-state index in [2.05, 4.69) is 15.6 Å². The van der Waals surface area contributed by atoms with Crippen molar-refractivity contribution in [2.24, 2.45) is 7.05 Å². The molecule has 0 saturated carbocycles. The fourth-order valence-corrected chi connectivity index (χ4v) is 1.85. The molecule has 16 heavy (non-hydrogen) atoms. The fourth-order valence-electron chi connectivity index (χ4n) is 1.41. The van der Waals surface area contributed by atoms with Gasteiger partial charge in [-0.3, -0.25) is 9.48 Å². The van der Waals surface area contributed by atoms with Crippen LogP contribution in [-0.2, 0) is 7.05 Å². The molecule has 1 rings (SSSR count). The normalized spacial score (nSPS) is 11.5. The monoisotopic (exact) mass is 244 g/mol. The van der Waals surface area contributed by atoms with Gasteiger partial charge in [0.15, 0.2) is 5.69 Å². The average molecular weight is 245 g/mol. The lowest BCUT2D eigenvalue weighted by Gasteiger charge is -2.30. The van der Waals surface area contributed by atoms with Crippen LogP contribution in [0, 0.1) is 0 Å². The number of amides is 1. The van der Waals surface area contributed by atoms with E-state index in [1.54, 1.807) is 13.2 Å². The van der Waals surface area contributed by atoms with Crippen LogP contribution in [0.4, 0.5) is 0 Å². The Morgan fingerprint density at radius 2 is 2.19 bits per heavy atom. The molecule has 0 aromatic carbocycles. The zero-order valence-electron chi connectivity index (χ0n) is 9.83. The van der Waals surface area contributed by atoms with Gasteiger partial charge in [0.05, 0.1) is 11.7 Å². The van der Waals surface area contributed by atoms with Crippen molar-refractivity contribution < 1.29 is 4.79 Å². The van der Waals surface area contributed by atoms with Crippen LogP contribution in [0.1, 0.15) is 37.2 Å². The molecule has 1 heterocycles. The molecule has 0 bridgehead atoms. The minimum absolute atomic E-state index is 0.225. The molecule has 6 heteroatoms. The van der Waals surface area contributed by atoms with Crippen LogP contribution in [0.3, 0.4) is 0 Å². The Morgan fingerprint density at radius 1 is 1.56 bits per heavy atom. The number of rotatable bonds is 5. The summed E-state index contributed by atoms with van der Waals surface area (Å²) in [6, 6.07) is 0. The molecule has 0 atom stereocenters. The number of halogens is 1. The van der Waals surface area contributed by atoms with E-state index < -0.39 is 0 Å². The Morgan fingerprint density at radius 3 is 2.56 bits per heavy atom. The van der Waals surface area contributed by atoms with Crippen molar-refractivity contribution in [2.75, 3.05) is 5.88 Å². The first-order valence-corrected chi connectivity index (χ1v) is 5.85. The van der Waals surface area contributed by atoms with Crippen molar-refractivity contribution in [1.29, 1.82) is 0 Å². The Bertz CT molecular complexity index is 351. The largest absolute Gasteiger partial charge is 0.344 e. The van der Waals surface area contributed by atoms with Crippen LogP contribution >= 0.6 is 11.6 Å². The molecule has 0 aliphatic heterocycles. The van der Waals surface area contributed by atoms with Gasteiger partial charge in [0, 0.05) is 12.9 Å². The summed E-state index contributed by atoms with van der Waals surface area (Å²) < 4.78 is 1.50. The van der Waals surface area contributed by atoms with E-state index >= 15 is 0 Å². The second kappa shape index (κ2) is 5.30. The van der Waals surface area contributed by atoms with E-state index in [1.165, 1.54) is 4.68 Å². The number of carbonyl (C=O) groups excluding carboxylic acids is 1. The molecule has 0 radical (unpaired) electrons. The van der Waals surface area contributed by atoms with Gasteiger partial charge >= 0.3 is 0 Å². The number of hydrogen-bond acceptors (Lipinski definition) is 3. The predicted molar refractivity (Wildman–Crippen MR) is 62.5 cm³/mol. The molecule has 0 unspecified atom stereocenters. The first kappa shape index (κ1) is 13.0. The maximum absolute atomic E-state index is 11.9. The molecule has 90 valence electrons. The maximum atomic E-state index is 11.9. The van der Waals surface area contributed by atoms with Crippen LogP contribution in [0.5, 0.6) is 0 Å². The summed E-state index contributed by atoms with van der Waals surface area (Å²) in [6.45, 7) is 4.01. The molecule has 1 amide bonds. The number of carbonyl (C=O) groups is 1. The third-order valence-corrected chi connectivity index (χ3v) is 3.33. The first-order valence-electron chi connectivity index (χ1n) is 5.31. The highest BCUT2D eigenvalue weighted by atomic mass is 35.5. The SMILES string of the molecule is CCC(CC)(CCl)NC(=O)c1cn(C)nn1. The van der Waals surface area contributed by atoms with Gasteiger partial charge in [-0.25, -0.2) is 0 Å². The van der Waals surface area contributed by atoms with Gasteiger partial charge in [0.2, 0.25) is 0 Å². The Hall–Kier alpha value is -1.10. The highest BCUT2D eigenvalue weighted by molar-refractivity contribution is 6.18. The van der Waals surface area contributed by atoms with Gasteiger partial charge in [-0.1, -0.05) is 19.1 Å². The fraction of sp³-hybridized carbons (Fsp3) is 0.700. The second-order valence-corrected chi connectivity index (χ2v) is 4.12. The summed E-state index contributed by atoms with van der Waals surface area (Å²) in [4.78, 5) is 11.9. The average Bonchev–Trinajstić information content (AvgIpc) is 2.73. The summed E-state index contributed by atoms with van der Waals surface area (Å²) in [6.07, 6.45) is 3.16. The Balaban J connectivity index is 2.76. The minimum Gasteiger partial charge on any atom is -0.344 e. The van der Waals surface area contributed by atoms with Gasteiger partial charge in [-0.15, -0.1) is 16.7 Å². The lowest BCUT2D eigenvalue weighted by Crippen LogP contribution is -2.49. The van der Waals surface area contributed by atoms with Crippen LogP contribution in [0.15, 0.2) is 6.20 Å². The molecule has 0 spiro atoms. The van der Waals surface area contributed by atoms with Crippen LogP contribution in [0.2, 0.25) is 0 Å². The molecular formula is C10H17ClN4O. The highest BCUT2D eigenvalue weighted by Crippen LogP contribution is 2.17. The zero-order chi connectivity index (χ0) is 12.2. The van der Waals surface area contributed by atoms with Gasteiger partial charge in [0.1, 0.15) is 0 Å². The molecule has 5 nitrogen and oxygen atoms in total. The van der Waals surface area contributed by atoms with E-state index in [1.807, 2.05) is 13.8 Å². The number of nitrogens with zero attached hydrogens (tertiary/aromatic N) is 3. The topological polar surface area (TPSA) is 59.8 Å². The third-order valence-electron chi connectivity index (χ3n) is 2.82. The molecule has 1 aromatic rings. The first-order chi connectivity index (χ1) is 7.56. The van der Waals surface area contributed by atoms with Gasteiger partial charge in [0.25, 0.3) is 5.91 Å². The van der Waals surface area contributed by atoms with Crippen molar-refractivity contribution in [2.45, 2.75) is 32.2 Å². The van der Waals surface area contributed by atoms with Crippen molar-refractivity contribution in [1.82, 2.24) is 20.3 Å². The highest BCUT2D eigenvalue weighted by Gasteiger charge is 2.28. The number of nitrogens with one attached hydrogen (secondary N) is 1. The van der Waals surface area contributed by atoms with Gasteiger partial charge in [-0.05, 0) is 12.8 Å². The van der Waals surface area contributed by atoms with Crippen LogP contribution in [0.25, 0.3) is 0 Å². The predicted octanol–water partition coefficient (Wildman–Crippen LogP) is 1.34. The third kappa shape index (κ3) is 2.72. The van der Waals surface area contributed by atoms with E-state index in [9.17, 15) is 4.79 Å². The van der Waals surface area contributed by atoms with Crippen molar-refractivity contribution in [3.63, 3.8) is 0 Å². The number of aromatic nitrogens is 3.